The second kappa shape index (κ2) is 3.65. The van der Waals surface area contributed by atoms with Crippen LogP contribution < -0.4 is 5.73 Å². The topological polar surface area (TPSA) is 26.0 Å². The van der Waals surface area contributed by atoms with E-state index in [1.807, 2.05) is 12.1 Å². The molecule has 1 aliphatic rings. The zero-order valence-corrected chi connectivity index (χ0v) is 7.66. The molecular weight excluding hydrogens is 158 g/mol. The summed E-state index contributed by atoms with van der Waals surface area (Å²) in [5.74, 6) is 1.53. The lowest BCUT2D eigenvalue weighted by Gasteiger charge is -2.17. The van der Waals surface area contributed by atoms with E-state index in [0.29, 0.717) is 0 Å². The van der Waals surface area contributed by atoms with Crippen molar-refractivity contribution in [2.24, 2.45) is 0 Å². The summed E-state index contributed by atoms with van der Waals surface area (Å²) in [4.78, 5) is 0. The number of benzene rings is 1. The monoisotopic (exact) mass is 172 g/mol. The van der Waals surface area contributed by atoms with Gasteiger partial charge in [-0.25, -0.2) is 0 Å². The third kappa shape index (κ3) is 1.92. The third-order valence-corrected chi connectivity index (χ3v) is 2.46. The smallest absolute Gasteiger partial charge is 0.0314 e. The molecule has 0 spiro atoms. The van der Waals surface area contributed by atoms with E-state index in [2.05, 4.69) is 24.3 Å². The molecule has 0 atom stereocenters. The first-order valence-corrected chi connectivity index (χ1v) is 4.72. The fourth-order valence-corrected chi connectivity index (χ4v) is 1.68. The van der Waals surface area contributed by atoms with Gasteiger partial charge in [-0.15, -0.1) is 0 Å². The summed E-state index contributed by atoms with van der Waals surface area (Å²) in [6.45, 7) is 0. The van der Waals surface area contributed by atoms with E-state index in [0.717, 1.165) is 12.1 Å². The number of allylic oxidation sites excluding steroid dienone is 2. The maximum atomic E-state index is 5.63. The van der Waals surface area contributed by atoms with E-state index in [1.54, 1.807) is 0 Å². The minimum atomic E-state index is 0.843. The number of nitrogens with two attached hydrogens (primary N) is 1. The quantitative estimate of drug-likeness (QED) is 0.511. The van der Waals surface area contributed by atoms with Gasteiger partial charge >= 0.3 is 0 Å². The second-order valence-electron chi connectivity index (χ2n) is 3.44. The molecule has 67 valence electrons. The van der Waals surface area contributed by atoms with E-state index in [9.17, 15) is 0 Å². The van der Waals surface area contributed by atoms with Gasteiger partial charge in [-0.2, -0.15) is 0 Å². The van der Waals surface area contributed by atoms with Crippen molar-refractivity contribution in [2.45, 2.75) is 19.3 Å². The Morgan fingerprint density at radius 2 is 1.77 bits per heavy atom. The zero-order chi connectivity index (χ0) is 9.10. The van der Waals surface area contributed by atoms with Crippen molar-refractivity contribution in [3.8, 4) is 0 Å². The molecule has 0 fully saturated rings. The predicted octanol–water partition coefficient (Wildman–Crippen LogP) is 2.93. The lowest BCUT2D eigenvalue weighted by Crippen LogP contribution is -2.01. The number of hydrogen-bond acceptors (Lipinski definition) is 1. The van der Waals surface area contributed by atoms with Crippen molar-refractivity contribution in [3.05, 3.63) is 47.9 Å². The molecule has 0 saturated carbocycles. The number of nitrogen functional groups attached to an aromatic ring is 1. The normalized spacial score (nSPS) is 17.5. The van der Waals surface area contributed by atoms with Crippen LogP contribution in [0.3, 0.4) is 0 Å². The molecule has 0 amide bonds. The summed E-state index contributed by atoms with van der Waals surface area (Å²) in [5.41, 5.74) is 7.82. The van der Waals surface area contributed by atoms with Crippen LogP contribution in [0.1, 0.15) is 24.8 Å². The predicted molar refractivity (Wildman–Crippen MR) is 56.2 cm³/mol. The van der Waals surface area contributed by atoms with Crippen LogP contribution in [0.4, 0.5) is 5.69 Å². The summed E-state index contributed by atoms with van der Waals surface area (Å²) in [7, 11) is 0. The molecule has 0 heterocycles. The van der Waals surface area contributed by atoms with Crippen LogP contribution in [0.5, 0.6) is 0 Å². The Hall–Kier alpha value is -1.24. The van der Waals surface area contributed by atoms with Crippen LogP contribution in [0.2, 0.25) is 0 Å². The molecule has 0 unspecified atom stereocenters. The van der Waals surface area contributed by atoms with E-state index < -0.39 is 0 Å². The van der Waals surface area contributed by atoms with Crippen molar-refractivity contribution in [1.29, 1.82) is 0 Å². The van der Waals surface area contributed by atoms with Crippen LogP contribution in [0, 0.1) is 5.92 Å². The molecule has 1 heteroatoms. The van der Waals surface area contributed by atoms with E-state index >= 15 is 0 Å². The summed E-state index contributed by atoms with van der Waals surface area (Å²) in [5, 5.41) is 0. The summed E-state index contributed by atoms with van der Waals surface area (Å²) in [6.07, 6.45) is 7.97. The zero-order valence-electron chi connectivity index (χ0n) is 7.66. The molecule has 1 aromatic rings. The summed E-state index contributed by atoms with van der Waals surface area (Å²) < 4.78 is 0. The van der Waals surface area contributed by atoms with Gasteiger partial charge < -0.3 is 5.73 Å². The Morgan fingerprint density at radius 1 is 1.00 bits per heavy atom. The fourth-order valence-electron chi connectivity index (χ4n) is 1.68. The van der Waals surface area contributed by atoms with Gasteiger partial charge in [0.1, 0.15) is 0 Å². The van der Waals surface area contributed by atoms with Crippen LogP contribution in [-0.4, -0.2) is 0 Å². The summed E-state index contributed by atoms with van der Waals surface area (Å²) in [6, 6.07) is 8.18. The standard InChI is InChI=1S/C12H14N/c13-12-8-6-11(7-9-12)10-4-2-1-3-5-10/h1-2,6-9H,3-5,13H2. The van der Waals surface area contributed by atoms with Gasteiger partial charge in [-0.1, -0.05) is 24.3 Å². The van der Waals surface area contributed by atoms with Crippen LogP contribution in [0.25, 0.3) is 0 Å². The highest BCUT2D eigenvalue weighted by Gasteiger charge is 2.12. The van der Waals surface area contributed by atoms with Gasteiger partial charge in [0, 0.05) is 11.6 Å². The minimum absolute atomic E-state index is 0.843. The maximum absolute atomic E-state index is 5.63. The molecule has 1 aliphatic carbocycles. The van der Waals surface area contributed by atoms with Crippen LogP contribution >= 0.6 is 0 Å². The molecule has 0 saturated heterocycles. The molecule has 0 aromatic heterocycles. The molecule has 1 aromatic carbocycles. The molecule has 1 radical (unpaired) electrons. The number of hydrogen-bond donors (Lipinski definition) is 1. The van der Waals surface area contributed by atoms with Gasteiger partial charge in [0.05, 0.1) is 0 Å². The van der Waals surface area contributed by atoms with Gasteiger partial charge in [0.25, 0.3) is 0 Å². The lowest BCUT2D eigenvalue weighted by molar-refractivity contribution is 0.800. The van der Waals surface area contributed by atoms with Crippen LogP contribution in [0.15, 0.2) is 36.4 Å². The first-order chi connectivity index (χ1) is 6.36. The van der Waals surface area contributed by atoms with E-state index in [-0.39, 0.29) is 0 Å². The SMILES string of the molecule is Nc1ccc([C]2CC=CCC2)cc1. The van der Waals surface area contributed by atoms with Crippen molar-refractivity contribution < 1.29 is 0 Å². The Morgan fingerprint density at radius 3 is 2.38 bits per heavy atom. The molecule has 13 heavy (non-hydrogen) atoms. The fraction of sp³-hybridized carbons (Fsp3) is 0.250. The highest BCUT2D eigenvalue weighted by Crippen LogP contribution is 2.28. The Balaban J connectivity index is 2.15. The van der Waals surface area contributed by atoms with Gasteiger partial charge in [0.2, 0.25) is 0 Å². The van der Waals surface area contributed by atoms with Crippen molar-refractivity contribution in [1.82, 2.24) is 0 Å². The number of rotatable bonds is 1. The highest BCUT2D eigenvalue weighted by molar-refractivity contribution is 5.44. The first kappa shape index (κ1) is 8.36. The van der Waals surface area contributed by atoms with Crippen molar-refractivity contribution in [3.63, 3.8) is 0 Å². The Bertz CT molecular complexity index is 297. The van der Waals surface area contributed by atoms with Crippen molar-refractivity contribution >= 4 is 5.69 Å². The lowest BCUT2D eigenvalue weighted by atomic mass is 9.88. The highest BCUT2D eigenvalue weighted by atomic mass is 14.5. The van der Waals surface area contributed by atoms with E-state index in [1.165, 1.54) is 24.3 Å². The Labute approximate surface area is 79.3 Å². The molecule has 0 aliphatic heterocycles. The van der Waals surface area contributed by atoms with Gasteiger partial charge in [-0.3, -0.25) is 0 Å². The van der Waals surface area contributed by atoms with Gasteiger partial charge in [-0.05, 0) is 37.0 Å². The molecule has 1 nitrogen and oxygen atoms in total. The molecule has 2 N–H and O–H groups in total. The van der Waals surface area contributed by atoms with Crippen molar-refractivity contribution in [2.75, 3.05) is 5.73 Å². The Kier molecular flexibility index (Phi) is 2.35. The van der Waals surface area contributed by atoms with E-state index in [4.69, 9.17) is 5.73 Å². The van der Waals surface area contributed by atoms with Gasteiger partial charge in [0.15, 0.2) is 0 Å². The first-order valence-electron chi connectivity index (χ1n) is 4.72. The largest absolute Gasteiger partial charge is 0.399 e. The van der Waals surface area contributed by atoms with Crippen LogP contribution in [-0.2, 0) is 0 Å². The minimum Gasteiger partial charge on any atom is -0.399 e. The second-order valence-corrected chi connectivity index (χ2v) is 3.44. The maximum Gasteiger partial charge on any atom is 0.0314 e. The average molecular weight is 172 g/mol. The average Bonchev–Trinajstić information content (AvgIpc) is 2.20. The molecule has 0 bridgehead atoms. The summed E-state index contributed by atoms with van der Waals surface area (Å²) >= 11 is 0. The molecule has 2 rings (SSSR count). The third-order valence-electron chi connectivity index (χ3n) is 2.46. The molecular formula is C12H14N. The number of anilines is 1.